The number of sulfonamides is 1. The van der Waals surface area contributed by atoms with E-state index in [4.69, 9.17) is 9.47 Å². The number of carbonyl (C=O) groups excluding carboxylic acids is 2. The van der Waals surface area contributed by atoms with Crippen molar-refractivity contribution in [2.45, 2.75) is 50.0 Å². The molecule has 1 aromatic heterocycles. The minimum atomic E-state index is -3.71. The summed E-state index contributed by atoms with van der Waals surface area (Å²) in [7, 11) is -3.71. The van der Waals surface area contributed by atoms with E-state index >= 15 is 0 Å². The fraction of sp³-hybridized carbons (Fsp3) is 0.433. The first-order chi connectivity index (χ1) is 21.2. The van der Waals surface area contributed by atoms with Crippen LogP contribution in [0.25, 0.3) is 0 Å². The van der Waals surface area contributed by atoms with E-state index in [1.807, 2.05) is 0 Å². The van der Waals surface area contributed by atoms with Crippen molar-refractivity contribution >= 4 is 43.4 Å². The van der Waals surface area contributed by atoms with E-state index in [1.54, 1.807) is 13.1 Å². The van der Waals surface area contributed by atoms with Gasteiger partial charge in [0.25, 0.3) is 5.91 Å². The summed E-state index contributed by atoms with van der Waals surface area (Å²) in [4.78, 5) is 32.1. The number of nitrogens with one attached hydrogen (secondary N) is 1. The molecule has 1 unspecified atom stereocenters. The van der Waals surface area contributed by atoms with Crippen LogP contribution in [0.1, 0.15) is 50.7 Å². The molecular weight excluding hydrogens is 614 g/mol. The largest absolute Gasteiger partial charge is 0.473 e. The summed E-state index contributed by atoms with van der Waals surface area (Å²) in [5.74, 6) is -3.16. The summed E-state index contributed by atoms with van der Waals surface area (Å²) < 4.78 is 66.7. The monoisotopic (exact) mass is 648 g/mol. The van der Waals surface area contributed by atoms with Gasteiger partial charge in [-0.3, -0.25) is 14.9 Å². The average molecular weight is 649 g/mol. The lowest BCUT2D eigenvalue weighted by atomic mass is 9.97. The molecule has 3 aromatic rings. The fourth-order valence-corrected chi connectivity index (χ4v) is 7.67. The van der Waals surface area contributed by atoms with Gasteiger partial charge in [0.2, 0.25) is 16.1 Å². The van der Waals surface area contributed by atoms with Gasteiger partial charge in [0, 0.05) is 37.8 Å². The standard InChI is InChI=1S/C30H34F2N4O6S2/c1-2-41-29(38)21-12-16-35(17-13-21)26-19-33-30(43-26)34-28(37)27(42-25-11-8-22(31)18-24(25)32)20-6-9-23(10-7-20)44(39,40)36-14-4-3-5-15-36/h6-11,18-19,21,27H,2-5,12-17H2,1H3,(H,33,34,37). The number of anilines is 2. The molecule has 44 heavy (non-hydrogen) atoms. The molecule has 236 valence electrons. The number of thiazole rings is 1. The van der Waals surface area contributed by atoms with Gasteiger partial charge in [-0.25, -0.2) is 22.2 Å². The fourth-order valence-electron chi connectivity index (χ4n) is 5.28. The number of piperidine rings is 2. The topological polar surface area (TPSA) is 118 Å². The maximum Gasteiger partial charge on any atom is 0.309 e. The summed E-state index contributed by atoms with van der Waals surface area (Å²) in [5.41, 5.74) is 0.265. The number of nitrogens with zero attached hydrogens (tertiary/aromatic N) is 3. The van der Waals surface area contributed by atoms with Crippen LogP contribution in [0.15, 0.2) is 53.6 Å². The van der Waals surface area contributed by atoms with Crippen LogP contribution in [0, 0.1) is 17.6 Å². The van der Waals surface area contributed by atoms with Gasteiger partial charge in [0.05, 0.1) is 23.6 Å². The van der Waals surface area contributed by atoms with E-state index in [9.17, 15) is 26.8 Å². The highest BCUT2D eigenvalue weighted by Crippen LogP contribution is 2.33. The second kappa shape index (κ2) is 14.0. The average Bonchev–Trinajstić information content (AvgIpc) is 3.50. The Hall–Kier alpha value is -3.62. The number of carbonyl (C=O) groups is 2. The summed E-state index contributed by atoms with van der Waals surface area (Å²) >= 11 is 1.24. The van der Waals surface area contributed by atoms with Crippen molar-refractivity contribution in [2.75, 3.05) is 43.0 Å². The van der Waals surface area contributed by atoms with Crippen LogP contribution in [0.4, 0.5) is 18.9 Å². The van der Waals surface area contributed by atoms with Crippen molar-refractivity contribution in [2.24, 2.45) is 5.92 Å². The van der Waals surface area contributed by atoms with E-state index in [1.165, 1.54) is 39.9 Å². The highest BCUT2D eigenvalue weighted by atomic mass is 32.2. The first-order valence-corrected chi connectivity index (χ1v) is 16.8. The zero-order valence-corrected chi connectivity index (χ0v) is 25.8. The predicted molar refractivity (Wildman–Crippen MR) is 161 cm³/mol. The maximum absolute atomic E-state index is 14.5. The quantitative estimate of drug-likeness (QED) is 0.301. The highest BCUT2D eigenvalue weighted by Gasteiger charge is 2.30. The SMILES string of the molecule is CCOC(=O)C1CCN(c2cnc(NC(=O)C(Oc3ccc(F)cc3F)c3ccc(S(=O)(=O)N4CCCCC4)cc3)s2)CC1. The zero-order chi connectivity index (χ0) is 31.3. The second-order valence-electron chi connectivity index (χ2n) is 10.6. The Kier molecular flexibility index (Phi) is 10.1. The lowest BCUT2D eigenvalue weighted by molar-refractivity contribution is -0.148. The minimum absolute atomic E-state index is 0.0755. The molecule has 2 saturated heterocycles. The predicted octanol–water partition coefficient (Wildman–Crippen LogP) is 5.13. The summed E-state index contributed by atoms with van der Waals surface area (Å²) in [6.45, 7) is 4.27. The molecule has 2 aliphatic rings. The van der Waals surface area contributed by atoms with Crippen LogP contribution >= 0.6 is 11.3 Å². The molecule has 0 saturated carbocycles. The van der Waals surface area contributed by atoms with Gasteiger partial charge in [0.1, 0.15) is 10.8 Å². The molecule has 0 bridgehead atoms. The van der Waals surface area contributed by atoms with E-state index in [0.717, 1.165) is 36.4 Å². The lowest BCUT2D eigenvalue weighted by Crippen LogP contribution is -2.36. The molecule has 14 heteroatoms. The summed E-state index contributed by atoms with van der Waals surface area (Å²) in [6.07, 6.45) is 4.06. The van der Waals surface area contributed by atoms with Crippen molar-refractivity contribution in [3.8, 4) is 5.75 Å². The number of amides is 1. The molecule has 0 radical (unpaired) electrons. The Morgan fingerprint density at radius 1 is 1.05 bits per heavy atom. The lowest BCUT2D eigenvalue weighted by Gasteiger charge is -2.31. The second-order valence-corrected chi connectivity index (χ2v) is 13.6. The first kappa shape index (κ1) is 31.8. The minimum Gasteiger partial charge on any atom is -0.473 e. The summed E-state index contributed by atoms with van der Waals surface area (Å²) in [5, 5.41) is 3.79. The van der Waals surface area contributed by atoms with Gasteiger partial charge in [-0.1, -0.05) is 29.9 Å². The highest BCUT2D eigenvalue weighted by molar-refractivity contribution is 7.89. The van der Waals surface area contributed by atoms with Crippen LogP contribution in [0.3, 0.4) is 0 Å². The smallest absolute Gasteiger partial charge is 0.309 e. The third-order valence-corrected chi connectivity index (χ3v) is 10.5. The molecule has 2 aliphatic heterocycles. The van der Waals surface area contributed by atoms with Crippen LogP contribution in [-0.4, -0.2) is 62.4 Å². The number of esters is 1. The Morgan fingerprint density at radius 3 is 2.41 bits per heavy atom. The molecule has 5 rings (SSSR count). The zero-order valence-electron chi connectivity index (χ0n) is 24.2. The molecule has 3 heterocycles. The van der Waals surface area contributed by atoms with Crippen molar-refractivity contribution < 1.29 is 36.3 Å². The first-order valence-electron chi connectivity index (χ1n) is 14.6. The van der Waals surface area contributed by atoms with Gasteiger partial charge >= 0.3 is 5.97 Å². The van der Waals surface area contributed by atoms with Crippen LogP contribution < -0.4 is 15.0 Å². The molecule has 10 nitrogen and oxygen atoms in total. The molecule has 0 spiro atoms. The van der Waals surface area contributed by atoms with E-state index in [2.05, 4.69) is 15.2 Å². The van der Waals surface area contributed by atoms with Crippen molar-refractivity contribution in [1.29, 1.82) is 0 Å². The van der Waals surface area contributed by atoms with Crippen molar-refractivity contribution in [3.63, 3.8) is 0 Å². The number of hydrogen-bond acceptors (Lipinski definition) is 9. The van der Waals surface area contributed by atoms with Crippen LogP contribution in [0.2, 0.25) is 0 Å². The van der Waals surface area contributed by atoms with Gasteiger partial charge in [-0.15, -0.1) is 0 Å². The number of rotatable bonds is 10. The van der Waals surface area contributed by atoms with Gasteiger partial charge in [-0.05, 0) is 56.9 Å². The third-order valence-electron chi connectivity index (χ3n) is 7.66. The Balaban J connectivity index is 1.32. The number of ether oxygens (including phenoxy) is 2. The molecule has 1 N–H and O–H groups in total. The Labute approximate surface area is 259 Å². The third kappa shape index (κ3) is 7.36. The number of benzene rings is 2. The Morgan fingerprint density at radius 2 is 1.75 bits per heavy atom. The van der Waals surface area contributed by atoms with Gasteiger partial charge in [-0.2, -0.15) is 4.31 Å². The van der Waals surface area contributed by atoms with Gasteiger partial charge < -0.3 is 14.4 Å². The van der Waals surface area contributed by atoms with Crippen LogP contribution in [-0.2, 0) is 24.3 Å². The molecule has 1 amide bonds. The van der Waals surface area contributed by atoms with Gasteiger partial charge in [0.15, 0.2) is 16.7 Å². The molecule has 2 fully saturated rings. The molecule has 0 aliphatic carbocycles. The maximum atomic E-state index is 14.5. The van der Waals surface area contributed by atoms with Crippen molar-refractivity contribution in [1.82, 2.24) is 9.29 Å². The Bertz CT molecular complexity index is 1570. The summed E-state index contributed by atoms with van der Waals surface area (Å²) in [6, 6.07) is 8.43. The number of hydrogen-bond donors (Lipinski definition) is 1. The normalized spacial score (nSPS) is 17.2. The number of aromatic nitrogens is 1. The number of halogens is 2. The molecule has 1 atom stereocenters. The van der Waals surface area contributed by atoms with E-state index in [-0.39, 0.29) is 33.2 Å². The van der Waals surface area contributed by atoms with E-state index < -0.39 is 33.7 Å². The van der Waals surface area contributed by atoms with E-state index in [0.29, 0.717) is 51.7 Å². The van der Waals surface area contributed by atoms with Crippen LogP contribution in [0.5, 0.6) is 5.75 Å². The molecular formula is C30H34F2N4O6S2. The molecule has 2 aromatic carbocycles. The van der Waals surface area contributed by atoms with Crippen molar-refractivity contribution in [3.05, 3.63) is 65.9 Å².